The van der Waals surface area contributed by atoms with Crippen molar-refractivity contribution in [1.29, 1.82) is 0 Å². The molecule has 1 rings (SSSR count). The van der Waals surface area contributed by atoms with Crippen molar-refractivity contribution in [2.75, 3.05) is 7.05 Å². The fraction of sp³-hybridized carbons (Fsp3) is 0.429. The Hall–Kier alpha value is -2.04. The number of nitrogens with zero attached hydrogens (tertiary/aromatic N) is 1. The molecule has 19 heavy (non-hydrogen) atoms. The molecule has 0 saturated heterocycles. The number of aliphatic carboxylic acids is 1. The summed E-state index contributed by atoms with van der Waals surface area (Å²) in [5.41, 5.74) is 0.797. The van der Waals surface area contributed by atoms with Gasteiger partial charge in [0.1, 0.15) is 5.75 Å². The van der Waals surface area contributed by atoms with E-state index >= 15 is 0 Å². The van der Waals surface area contributed by atoms with Crippen LogP contribution in [-0.2, 0) is 16.1 Å². The number of phenols is 1. The molecule has 0 saturated carbocycles. The SMILES string of the molecule is CC(C(=O)O)C(C)C(=O)N(C)Cc1cccc(O)c1. The fourth-order valence-corrected chi connectivity index (χ4v) is 1.78. The van der Waals surface area contributed by atoms with Gasteiger partial charge in [-0.15, -0.1) is 0 Å². The van der Waals surface area contributed by atoms with E-state index in [4.69, 9.17) is 5.11 Å². The van der Waals surface area contributed by atoms with Gasteiger partial charge in [-0.3, -0.25) is 9.59 Å². The summed E-state index contributed by atoms with van der Waals surface area (Å²) in [5, 5.41) is 18.3. The lowest BCUT2D eigenvalue weighted by Gasteiger charge is -2.23. The number of carbonyl (C=O) groups is 2. The van der Waals surface area contributed by atoms with E-state index in [2.05, 4.69) is 0 Å². The molecule has 0 fully saturated rings. The third-order valence-electron chi connectivity index (χ3n) is 3.24. The maximum Gasteiger partial charge on any atom is 0.307 e. The number of benzene rings is 1. The average Bonchev–Trinajstić information content (AvgIpc) is 2.35. The van der Waals surface area contributed by atoms with Gasteiger partial charge in [0.05, 0.1) is 5.92 Å². The molecule has 1 aromatic carbocycles. The van der Waals surface area contributed by atoms with Crippen LogP contribution in [0.1, 0.15) is 19.4 Å². The second-order valence-corrected chi connectivity index (χ2v) is 4.78. The Bertz CT molecular complexity index is 472. The van der Waals surface area contributed by atoms with E-state index in [1.165, 1.54) is 11.8 Å². The number of carboxylic acid groups (broad SMARTS) is 1. The summed E-state index contributed by atoms with van der Waals surface area (Å²) in [5.74, 6) is -2.37. The number of amides is 1. The fourth-order valence-electron chi connectivity index (χ4n) is 1.78. The molecule has 2 atom stereocenters. The van der Waals surface area contributed by atoms with E-state index < -0.39 is 17.8 Å². The van der Waals surface area contributed by atoms with Crippen molar-refractivity contribution >= 4 is 11.9 Å². The Balaban J connectivity index is 2.70. The number of hydrogen-bond donors (Lipinski definition) is 2. The second-order valence-electron chi connectivity index (χ2n) is 4.78. The number of carboxylic acids is 1. The molecular formula is C14H19NO4. The predicted molar refractivity (Wildman–Crippen MR) is 70.5 cm³/mol. The van der Waals surface area contributed by atoms with Crippen molar-refractivity contribution in [3.63, 3.8) is 0 Å². The van der Waals surface area contributed by atoms with E-state index in [-0.39, 0.29) is 11.7 Å². The maximum atomic E-state index is 12.1. The molecule has 1 amide bonds. The molecule has 0 radical (unpaired) electrons. The van der Waals surface area contributed by atoms with Crippen LogP contribution in [0.5, 0.6) is 5.75 Å². The predicted octanol–water partition coefficient (Wildman–Crippen LogP) is 1.71. The van der Waals surface area contributed by atoms with E-state index in [9.17, 15) is 14.7 Å². The van der Waals surface area contributed by atoms with Crippen molar-refractivity contribution in [2.24, 2.45) is 11.8 Å². The van der Waals surface area contributed by atoms with Crippen LogP contribution in [0.15, 0.2) is 24.3 Å². The van der Waals surface area contributed by atoms with Gasteiger partial charge in [-0.25, -0.2) is 0 Å². The summed E-state index contributed by atoms with van der Waals surface area (Å²) in [4.78, 5) is 24.4. The lowest BCUT2D eigenvalue weighted by Crippen LogP contribution is -2.36. The molecule has 0 heterocycles. The molecule has 2 N–H and O–H groups in total. The zero-order valence-corrected chi connectivity index (χ0v) is 11.3. The minimum Gasteiger partial charge on any atom is -0.508 e. The third kappa shape index (κ3) is 3.98. The molecular weight excluding hydrogens is 246 g/mol. The number of rotatable bonds is 5. The highest BCUT2D eigenvalue weighted by molar-refractivity contribution is 5.84. The minimum atomic E-state index is -0.980. The lowest BCUT2D eigenvalue weighted by molar-refractivity contribution is -0.148. The standard InChI is InChI=1S/C14H19NO4/c1-9(10(2)14(18)19)13(17)15(3)8-11-5-4-6-12(16)7-11/h4-7,9-10,16H,8H2,1-3H3,(H,18,19). The van der Waals surface area contributed by atoms with Crippen molar-refractivity contribution in [2.45, 2.75) is 20.4 Å². The van der Waals surface area contributed by atoms with Gasteiger partial charge in [0.15, 0.2) is 0 Å². The van der Waals surface area contributed by atoms with Gasteiger partial charge in [0, 0.05) is 19.5 Å². The van der Waals surface area contributed by atoms with Crippen LogP contribution in [0.2, 0.25) is 0 Å². The lowest BCUT2D eigenvalue weighted by atomic mass is 9.95. The minimum absolute atomic E-state index is 0.144. The average molecular weight is 265 g/mol. The molecule has 104 valence electrons. The highest BCUT2D eigenvalue weighted by atomic mass is 16.4. The molecule has 2 unspecified atom stereocenters. The molecule has 0 aliphatic rings. The first-order valence-corrected chi connectivity index (χ1v) is 6.08. The van der Waals surface area contributed by atoms with Crippen LogP contribution < -0.4 is 0 Å². The molecule has 0 aromatic heterocycles. The van der Waals surface area contributed by atoms with Crippen LogP contribution in [0.3, 0.4) is 0 Å². The monoisotopic (exact) mass is 265 g/mol. The Morgan fingerprint density at radius 3 is 2.42 bits per heavy atom. The maximum absolute atomic E-state index is 12.1. The summed E-state index contributed by atoms with van der Waals surface area (Å²) < 4.78 is 0. The van der Waals surface area contributed by atoms with Gasteiger partial charge in [-0.2, -0.15) is 0 Å². The van der Waals surface area contributed by atoms with Crippen LogP contribution in [0.25, 0.3) is 0 Å². The van der Waals surface area contributed by atoms with Crippen molar-refractivity contribution in [3.05, 3.63) is 29.8 Å². The molecule has 0 aliphatic carbocycles. The summed E-state index contributed by atoms with van der Waals surface area (Å²) in [6.45, 7) is 3.47. The second kappa shape index (κ2) is 6.22. The molecule has 0 aliphatic heterocycles. The van der Waals surface area contributed by atoms with Crippen LogP contribution in [0.4, 0.5) is 0 Å². The summed E-state index contributed by atoms with van der Waals surface area (Å²) in [7, 11) is 1.62. The van der Waals surface area contributed by atoms with Crippen LogP contribution in [0, 0.1) is 11.8 Å². The Kier molecular flexibility index (Phi) is 4.92. The summed E-state index contributed by atoms with van der Waals surface area (Å²) in [6, 6.07) is 6.64. The normalized spacial score (nSPS) is 13.6. The largest absolute Gasteiger partial charge is 0.508 e. The van der Waals surface area contributed by atoms with Crippen LogP contribution >= 0.6 is 0 Å². The molecule has 1 aromatic rings. The van der Waals surface area contributed by atoms with Gasteiger partial charge in [0.2, 0.25) is 5.91 Å². The molecule has 0 bridgehead atoms. The van der Waals surface area contributed by atoms with E-state index in [1.54, 1.807) is 38.2 Å². The van der Waals surface area contributed by atoms with Crippen molar-refractivity contribution < 1.29 is 19.8 Å². The highest BCUT2D eigenvalue weighted by Gasteiger charge is 2.27. The summed E-state index contributed by atoms with van der Waals surface area (Å²) >= 11 is 0. The quantitative estimate of drug-likeness (QED) is 0.849. The van der Waals surface area contributed by atoms with Gasteiger partial charge < -0.3 is 15.1 Å². The zero-order valence-electron chi connectivity index (χ0n) is 11.3. The van der Waals surface area contributed by atoms with Gasteiger partial charge in [-0.1, -0.05) is 26.0 Å². The van der Waals surface area contributed by atoms with Gasteiger partial charge >= 0.3 is 5.97 Å². The Morgan fingerprint density at radius 2 is 1.89 bits per heavy atom. The Morgan fingerprint density at radius 1 is 1.26 bits per heavy atom. The molecule has 0 spiro atoms. The number of carbonyl (C=O) groups excluding carboxylic acids is 1. The van der Waals surface area contributed by atoms with Crippen molar-refractivity contribution in [1.82, 2.24) is 4.90 Å². The number of aromatic hydroxyl groups is 1. The zero-order chi connectivity index (χ0) is 14.6. The van der Waals surface area contributed by atoms with E-state index in [1.807, 2.05) is 0 Å². The van der Waals surface area contributed by atoms with E-state index in [0.717, 1.165) is 5.56 Å². The topological polar surface area (TPSA) is 77.8 Å². The first-order valence-electron chi connectivity index (χ1n) is 6.08. The van der Waals surface area contributed by atoms with Crippen molar-refractivity contribution in [3.8, 4) is 5.75 Å². The number of hydrogen-bond acceptors (Lipinski definition) is 3. The first-order chi connectivity index (χ1) is 8.82. The van der Waals surface area contributed by atoms with Gasteiger partial charge in [-0.05, 0) is 17.7 Å². The highest BCUT2D eigenvalue weighted by Crippen LogP contribution is 2.17. The summed E-state index contributed by atoms with van der Waals surface area (Å²) in [6.07, 6.45) is 0. The van der Waals surface area contributed by atoms with E-state index in [0.29, 0.717) is 6.54 Å². The Labute approximate surface area is 112 Å². The molecule has 5 nitrogen and oxygen atoms in total. The molecule has 5 heteroatoms. The first kappa shape index (κ1) is 15.0. The van der Waals surface area contributed by atoms with Gasteiger partial charge in [0.25, 0.3) is 0 Å². The number of phenolic OH excluding ortho intramolecular Hbond substituents is 1. The third-order valence-corrected chi connectivity index (χ3v) is 3.24. The smallest absolute Gasteiger partial charge is 0.307 e. The van der Waals surface area contributed by atoms with Crippen LogP contribution in [-0.4, -0.2) is 34.0 Å².